The van der Waals surface area contributed by atoms with Gasteiger partial charge < -0.3 is 33.5 Å². The highest BCUT2D eigenvalue weighted by Crippen LogP contribution is 2.65. The minimum absolute atomic E-state index is 0.0882. The van der Waals surface area contributed by atoms with E-state index in [1.807, 2.05) is 0 Å². The zero-order valence-electron chi connectivity index (χ0n) is 28.6. The molecule has 3 aliphatic carbocycles. The van der Waals surface area contributed by atoms with Crippen molar-refractivity contribution in [1.82, 2.24) is 0 Å². The van der Waals surface area contributed by atoms with Gasteiger partial charge in [-0.15, -0.1) is 0 Å². The first-order valence-corrected chi connectivity index (χ1v) is 16.0. The molecule has 1 aromatic rings. The largest absolute Gasteiger partial charge is 0.461 e. The minimum Gasteiger partial charge on any atom is -0.461 e. The Labute approximate surface area is 282 Å². The van der Waals surface area contributed by atoms with Crippen LogP contribution < -0.4 is 0 Å². The van der Waals surface area contributed by atoms with E-state index in [-0.39, 0.29) is 30.6 Å². The number of fused-ring (bicyclic) bond motifs is 5. The second-order valence-electron chi connectivity index (χ2n) is 14.1. The summed E-state index contributed by atoms with van der Waals surface area (Å²) >= 11 is 0. The van der Waals surface area contributed by atoms with Crippen molar-refractivity contribution in [3.05, 3.63) is 46.8 Å². The molecule has 13 nitrogen and oxygen atoms in total. The fraction of sp³-hybridized carbons (Fsp3) is 0.600. The minimum atomic E-state index is -2.27. The van der Waals surface area contributed by atoms with Crippen LogP contribution in [0.15, 0.2) is 35.4 Å². The van der Waals surface area contributed by atoms with Crippen LogP contribution >= 0.6 is 0 Å². The van der Waals surface area contributed by atoms with Crippen molar-refractivity contribution in [2.45, 2.75) is 110 Å². The van der Waals surface area contributed by atoms with Crippen LogP contribution in [-0.2, 0) is 52.4 Å². The fourth-order valence-corrected chi connectivity index (χ4v) is 8.58. The highest BCUT2D eigenvalue weighted by atomic mass is 19.1. The molecule has 2 bridgehead atoms. The smallest absolute Gasteiger partial charge is 0.338 e. The topological polar surface area (TPSA) is 178 Å². The predicted octanol–water partition coefficient (Wildman–Crippen LogP) is 2.93. The number of rotatable bonds is 6. The number of halogens is 1. The maximum atomic E-state index is 15.3. The highest BCUT2D eigenvalue weighted by molar-refractivity contribution is 5.96. The van der Waals surface area contributed by atoms with Gasteiger partial charge in [0.1, 0.15) is 35.8 Å². The first kappa shape index (κ1) is 36.1. The summed E-state index contributed by atoms with van der Waals surface area (Å²) in [7, 11) is 0. The number of carbonyl (C=O) groups is 6. The molecular formula is C35H41FO13. The van der Waals surface area contributed by atoms with Gasteiger partial charge in [0, 0.05) is 46.0 Å². The number of esters is 5. The molecule has 1 aliphatic heterocycles. The van der Waals surface area contributed by atoms with E-state index in [0.29, 0.717) is 5.57 Å². The maximum absolute atomic E-state index is 15.3. The van der Waals surface area contributed by atoms with E-state index in [1.165, 1.54) is 19.1 Å². The van der Waals surface area contributed by atoms with E-state index >= 15 is 4.79 Å². The van der Waals surface area contributed by atoms with Gasteiger partial charge in [-0.25, -0.2) is 9.18 Å². The molecule has 4 aliphatic rings. The predicted molar refractivity (Wildman–Crippen MR) is 164 cm³/mol. The Morgan fingerprint density at radius 1 is 0.878 bits per heavy atom. The van der Waals surface area contributed by atoms with Gasteiger partial charge >= 0.3 is 29.8 Å². The molecule has 0 amide bonds. The number of carbonyl (C=O) groups excluding carboxylic acids is 6. The fourth-order valence-electron chi connectivity index (χ4n) is 8.58. The summed E-state index contributed by atoms with van der Waals surface area (Å²) in [5.41, 5.74) is -7.28. The van der Waals surface area contributed by atoms with E-state index < -0.39 is 99.9 Å². The number of hydrogen-bond acceptors (Lipinski definition) is 13. The Hall–Kier alpha value is -4.17. The van der Waals surface area contributed by atoms with E-state index in [4.69, 9.17) is 28.4 Å². The molecular weight excluding hydrogens is 647 g/mol. The standard InChI is InChI=1S/C35H41FO13/c1-16-23(45-17(2)37)14-35(43)30(48-31(42)21-9-11-22(36)12-10-21)28-33(8,29(41)27(47-19(4)39)26(16)32(35,6)7)24(46-18(3)38)13-25-34(28,15-44-25)49-20(5)40/h9-12,23-25,27-28,30,43H,13-15H2,1-8H3/t23-,24-,25+,27+,28-,30-,33+,34-,35+/m0/s1. The van der Waals surface area contributed by atoms with Crippen LogP contribution in [0.5, 0.6) is 0 Å². The Morgan fingerprint density at radius 3 is 1.98 bits per heavy atom. The SMILES string of the molecule is CC(=O)O[C@H]1C(=O)[C@]2(C)[C@@H](OC(C)=O)C[C@H]3OC[C@@]3(OC(C)=O)[C@H]2[C@H](OC(=O)c2ccc(F)cc2)[C@]2(O)C[C@H](OC(C)=O)C(C)=C1C2(C)C. The lowest BCUT2D eigenvalue weighted by atomic mass is 9.44. The van der Waals surface area contributed by atoms with Crippen LogP contribution in [-0.4, -0.2) is 89.1 Å². The number of ether oxygens (including phenoxy) is 6. The monoisotopic (exact) mass is 688 g/mol. The number of Topliss-reactive ketones (excluding diaryl/α,β-unsaturated/α-hetero) is 1. The molecule has 1 N–H and O–H groups in total. The molecule has 0 aromatic heterocycles. The molecule has 1 aromatic carbocycles. The molecule has 0 radical (unpaired) electrons. The van der Waals surface area contributed by atoms with E-state index in [1.54, 1.807) is 20.8 Å². The van der Waals surface area contributed by atoms with Gasteiger partial charge in [-0.05, 0) is 49.3 Å². The van der Waals surface area contributed by atoms with Gasteiger partial charge in [-0.2, -0.15) is 0 Å². The van der Waals surface area contributed by atoms with Crippen molar-refractivity contribution >= 4 is 35.6 Å². The molecule has 49 heavy (non-hydrogen) atoms. The van der Waals surface area contributed by atoms with Gasteiger partial charge in [0.25, 0.3) is 0 Å². The summed E-state index contributed by atoms with van der Waals surface area (Å²) in [5, 5.41) is 13.3. The van der Waals surface area contributed by atoms with Crippen LogP contribution in [0.3, 0.4) is 0 Å². The molecule has 0 spiro atoms. The lowest BCUT2D eigenvalue weighted by Crippen LogP contribution is -2.82. The summed E-state index contributed by atoms with van der Waals surface area (Å²) in [5.74, 6) is -7.09. The molecule has 2 saturated carbocycles. The third-order valence-corrected chi connectivity index (χ3v) is 10.8. The average molecular weight is 689 g/mol. The van der Waals surface area contributed by atoms with Gasteiger partial charge in [-0.3, -0.25) is 24.0 Å². The first-order chi connectivity index (χ1) is 22.7. The number of ketones is 1. The zero-order valence-corrected chi connectivity index (χ0v) is 28.6. The molecule has 266 valence electrons. The van der Waals surface area contributed by atoms with Gasteiger partial charge in [0.15, 0.2) is 17.5 Å². The Balaban J connectivity index is 1.89. The molecule has 1 saturated heterocycles. The first-order valence-electron chi connectivity index (χ1n) is 16.0. The van der Waals surface area contributed by atoms with Gasteiger partial charge in [0.2, 0.25) is 0 Å². The van der Waals surface area contributed by atoms with Gasteiger partial charge in [-0.1, -0.05) is 13.8 Å². The molecule has 1 heterocycles. The van der Waals surface area contributed by atoms with Crippen molar-refractivity contribution in [3.8, 4) is 0 Å². The van der Waals surface area contributed by atoms with E-state index in [2.05, 4.69) is 0 Å². The summed E-state index contributed by atoms with van der Waals surface area (Å²) < 4.78 is 49.2. The number of hydrogen-bond donors (Lipinski definition) is 1. The Kier molecular flexibility index (Phi) is 9.07. The summed E-state index contributed by atoms with van der Waals surface area (Å²) in [6, 6.07) is 4.43. The van der Waals surface area contributed by atoms with Crippen molar-refractivity contribution in [3.63, 3.8) is 0 Å². The van der Waals surface area contributed by atoms with Crippen LogP contribution in [0.4, 0.5) is 4.39 Å². The number of aliphatic hydroxyl groups is 1. The molecule has 9 atom stereocenters. The third-order valence-electron chi connectivity index (χ3n) is 10.8. The lowest BCUT2D eigenvalue weighted by Gasteiger charge is -2.67. The second kappa shape index (κ2) is 12.3. The molecule has 5 rings (SSSR count). The number of benzene rings is 1. The van der Waals surface area contributed by atoms with E-state index in [9.17, 15) is 33.5 Å². The molecule has 3 fully saturated rings. The lowest BCUT2D eigenvalue weighted by molar-refractivity contribution is -0.346. The van der Waals surface area contributed by atoms with Crippen LogP contribution in [0.2, 0.25) is 0 Å². The van der Waals surface area contributed by atoms with Gasteiger partial charge in [0.05, 0.1) is 23.5 Å². The summed E-state index contributed by atoms with van der Waals surface area (Å²) in [6.45, 7) is 10.4. The quantitative estimate of drug-likeness (QED) is 0.262. The second-order valence-corrected chi connectivity index (χ2v) is 14.1. The van der Waals surface area contributed by atoms with Crippen molar-refractivity contribution in [2.75, 3.05) is 6.61 Å². The maximum Gasteiger partial charge on any atom is 0.338 e. The van der Waals surface area contributed by atoms with Crippen LogP contribution in [0, 0.1) is 22.6 Å². The van der Waals surface area contributed by atoms with Crippen molar-refractivity contribution in [1.29, 1.82) is 0 Å². The highest BCUT2D eigenvalue weighted by Gasteiger charge is 2.79. The van der Waals surface area contributed by atoms with Crippen LogP contribution in [0.1, 0.15) is 78.6 Å². The zero-order chi connectivity index (χ0) is 36.4. The van der Waals surface area contributed by atoms with E-state index in [0.717, 1.165) is 39.8 Å². The Morgan fingerprint density at radius 2 is 1.47 bits per heavy atom. The molecule has 14 heteroatoms. The summed E-state index contributed by atoms with van der Waals surface area (Å²) in [4.78, 5) is 79.8. The Bertz CT molecular complexity index is 1630. The summed E-state index contributed by atoms with van der Waals surface area (Å²) in [6.07, 6.45) is -7.55. The van der Waals surface area contributed by atoms with Crippen molar-refractivity contribution < 1.29 is 66.7 Å². The average Bonchev–Trinajstić information content (AvgIpc) is 2.97. The van der Waals surface area contributed by atoms with Crippen LogP contribution in [0.25, 0.3) is 0 Å². The van der Waals surface area contributed by atoms with Crippen molar-refractivity contribution in [2.24, 2.45) is 16.7 Å². The third kappa shape index (κ3) is 5.62. The molecule has 0 unspecified atom stereocenters. The normalized spacial score (nSPS) is 36.0.